The fourth-order valence-electron chi connectivity index (χ4n) is 2.46. The molecule has 2 aromatic carbocycles. The van der Waals surface area contributed by atoms with Gasteiger partial charge in [0.25, 0.3) is 0 Å². The van der Waals surface area contributed by atoms with E-state index in [-0.39, 0.29) is 11.7 Å². The maximum Gasteiger partial charge on any atom is 0.234 e. The summed E-state index contributed by atoms with van der Waals surface area (Å²) in [6.07, 6.45) is 1.77. The zero-order valence-electron chi connectivity index (χ0n) is 14.8. The van der Waals surface area contributed by atoms with Gasteiger partial charge in [0.05, 0.1) is 17.4 Å². The number of halogens is 1. The van der Waals surface area contributed by atoms with Gasteiger partial charge in [-0.25, -0.2) is 0 Å². The van der Waals surface area contributed by atoms with E-state index in [1.807, 2.05) is 34.9 Å². The summed E-state index contributed by atoms with van der Waals surface area (Å²) < 4.78 is 2.91. The number of carbonyl (C=O) groups excluding carboxylic acids is 1. The molecule has 0 aliphatic heterocycles. The summed E-state index contributed by atoms with van der Waals surface area (Å²) in [5.74, 6) is 0.755. The molecule has 0 bridgehead atoms. The average molecular weight is 454 g/mol. The Kier molecular flexibility index (Phi) is 6.63. The monoisotopic (exact) mass is 453 g/mol. The van der Waals surface area contributed by atoms with Gasteiger partial charge in [0.15, 0.2) is 11.0 Å². The number of allylic oxidation sites excluding steroid dienone is 1. The van der Waals surface area contributed by atoms with Crippen LogP contribution in [0.1, 0.15) is 5.56 Å². The number of rotatable bonds is 7. The second-order valence-corrected chi connectivity index (χ2v) is 7.60. The number of aromatic nitrogens is 3. The number of hydrogen-bond donors (Lipinski definition) is 1. The molecule has 0 saturated heterocycles. The molecule has 0 aliphatic rings. The van der Waals surface area contributed by atoms with Crippen LogP contribution in [0.25, 0.3) is 11.4 Å². The summed E-state index contributed by atoms with van der Waals surface area (Å²) in [6, 6.07) is 16.6. The van der Waals surface area contributed by atoms with Crippen LogP contribution < -0.4 is 5.32 Å². The number of thioether (sulfide) groups is 1. The number of carbonyl (C=O) groups is 1. The van der Waals surface area contributed by atoms with Crippen molar-refractivity contribution in [2.24, 2.45) is 0 Å². The first-order chi connectivity index (χ1) is 13.6. The van der Waals surface area contributed by atoms with E-state index >= 15 is 0 Å². The Morgan fingerprint density at radius 3 is 2.57 bits per heavy atom. The molecule has 0 saturated carbocycles. The number of amides is 1. The first-order valence-corrected chi connectivity index (χ1v) is 10.1. The van der Waals surface area contributed by atoms with Gasteiger partial charge in [-0.15, -0.1) is 16.8 Å². The second-order valence-electron chi connectivity index (χ2n) is 5.74. The lowest BCUT2D eigenvalue weighted by molar-refractivity contribution is -0.113. The second kappa shape index (κ2) is 9.35. The zero-order valence-corrected chi connectivity index (χ0v) is 17.2. The summed E-state index contributed by atoms with van der Waals surface area (Å²) in [6.45, 7) is 4.34. The Morgan fingerprint density at radius 2 is 1.93 bits per heavy atom. The van der Waals surface area contributed by atoms with Crippen LogP contribution in [0.2, 0.25) is 0 Å². The first-order valence-electron chi connectivity index (χ1n) is 8.33. The molecular formula is C20H16BrN5OS. The molecule has 1 N–H and O–H groups in total. The van der Waals surface area contributed by atoms with Gasteiger partial charge in [0, 0.05) is 22.3 Å². The summed E-state index contributed by atoms with van der Waals surface area (Å²) in [4.78, 5) is 12.2. The van der Waals surface area contributed by atoms with Gasteiger partial charge in [-0.2, -0.15) is 5.26 Å². The van der Waals surface area contributed by atoms with E-state index in [9.17, 15) is 4.79 Å². The van der Waals surface area contributed by atoms with Crippen LogP contribution in [-0.2, 0) is 11.3 Å². The molecule has 28 heavy (non-hydrogen) atoms. The van der Waals surface area contributed by atoms with E-state index in [2.05, 4.69) is 38.0 Å². The normalized spacial score (nSPS) is 10.3. The Balaban J connectivity index is 1.69. The van der Waals surface area contributed by atoms with Crippen LogP contribution in [0.4, 0.5) is 5.69 Å². The van der Waals surface area contributed by atoms with Gasteiger partial charge in [-0.05, 0) is 36.4 Å². The Morgan fingerprint density at radius 1 is 1.21 bits per heavy atom. The first kappa shape index (κ1) is 19.9. The van der Waals surface area contributed by atoms with E-state index in [0.29, 0.717) is 23.0 Å². The topological polar surface area (TPSA) is 83.6 Å². The fourth-order valence-corrected chi connectivity index (χ4v) is 3.47. The molecule has 1 amide bonds. The van der Waals surface area contributed by atoms with E-state index in [1.54, 1.807) is 30.3 Å². The van der Waals surface area contributed by atoms with Crippen molar-refractivity contribution in [1.29, 1.82) is 5.26 Å². The molecule has 0 atom stereocenters. The summed E-state index contributed by atoms with van der Waals surface area (Å²) in [5.41, 5.74) is 2.13. The third-order valence-electron chi connectivity index (χ3n) is 3.76. The van der Waals surface area contributed by atoms with Crippen molar-refractivity contribution >= 4 is 39.3 Å². The lowest BCUT2D eigenvalue weighted by Gasteiger charge is -2.08. The maximum absolute atomic E-state index is 12.2. The highest BCUT2D eigenvalue weighted by molar-refractivity contribution is 9.10. The molecule has 3 rings (SSSR count). The molecule has 8 heteroatoms. The molecule has 140 valence electrons. The lowest BCUT2D eigenvalue weighted by Crippen LogP contribution is -2.14. The molecule has 6 nitrogen and oxygen atoms in total. The number of hydrogen-bond acceptors (Lipinski definition) is 5. The highest BCUT2D eigenvalue weighted by Crippen LogP contribution is 2.25. The quantitative estimate of drug-likeness (QED) is 0.420. The van der Waals surface area contributed by atoms with Crippen LogP contribution in [0.3, 0.4) is 0 Å². The molecule has 1 aromatic heterocycles. The minimum absolute atomic E-state index is 0.159. The van der Waals surface area contributed by atoms with E-state index < -0.39 is 0 Å². The highest BCUT2D eigenvalue weighted by atomic mass is 79.9. The fraction of sp³-hybridized carbons (Fsp3) is 0.100. The Labute approximate surface area is 175 Å². The maximum atomic E-state index is 12.2. The number of nitrogens with one attached hydrogen (secondary N) is 1. The molecule has 0 unspecified atom stereocenters. The molecule has 0 fully saturated rings. The number of benzene rings is 2. The van der Waals surface area contributed by atoms with E-state index in [4.69, 9.17) is 5.26 Å². The van der Waals surface area contributed by atoms with Gasteiger partial charge in [-0.1, -0.05) is 45.9 Å². The van der Waals surface area contributed by atoms with Crippen molar-refractivity contribution in [3.8, 4) is 17.5 Å². The smallest absolute Gasteiger partial charge is 0.234 e. The molecule has 0 aliphatic carbocycles. The summed E-state index contributed by atoms with van der Waals surface area (Å²) >= 11 is 4.73. The highest BCUT2D eigenvalue weighted by Gasteiger charge is 2.15. The van der Waals surface area contributed by atoms with Crippen molar-refractivity contribution in [2.75, 3.05) is 11.1 Å². The van der Waals surface area contributed by atoms with Gasteiger partial charge in [0.1, 0.15) is 0 Å². The van der Waals surface area contributed by atoms with Crippen LogP contribution in [-0.4, -0.2) is 26.4 Å². The molecular weight excluding hydrogens is 438 g/mol. The van der Waals surface area contributed by atoms with E-state index in [0.717, 1.165) is 15.9 Å². The Bertz CT molecular complexity index is 1020. The number of anilines is 1. The van der Waals surface area contributed by atoms with Gasteiger partial charge in [0.2, 0.25) is 5.91 Å². The molecule has 0 radical (unpaired) electrons. The van der Waals surface area contributed by atoms with Crippen molar-refractivity contribution < 1.29 is 4.79 Å². The van der Waals surface area contributed by atoms with Gasteiger partial charge in [-0.3, -0.25) is 9.36 Å². The van der Waals surface area contributed by atoms with Gasteiger partial charge >= 0.3 is 0 Å². The SMILES string of the molecule is C=CCn1c(SCC(=O)Nc2ccc(C#N)cc2)nnc1-c1ccc(Br)cc1. The molecule has 1 heterocycles. The van der Waals surface area contributed by atoms with Crippen LogP contribution in [0, 0.1) is 11.3 Å². The largest absolute Gasteiger partial charge is 0.325 e. The minimum Gasteiger partial charge on any atom is -0.325 e. The predicted molar refractivity (Wildman–Crippen MR) is 114 cm³/mol. The van der Waals surface area contributed by atoms with Crippen molar-refractivity contribution in [3.05, 3.63) is 71.2 Å². The van der Waals surface area contributed by atoms with Crippen molar-refractivity contribution in [1.82, 2.24) is 14.8 Å². The molecule has 0 spiro atoms. The standard InChI is InChI=1S/C20H16BrN5OS/c1-2-11-26-19(15-5-7-16(21)8-6-15)24-25-20(26)28-13-18(27)23-17-9-3-14(12-22)4-10-17/h2-10H,1,11,13H2,(H,23,27). The van der Waals surface area contributed by atoms with Gasteiger partial charge < -0.3 is 5.32 Å². The third kappa shape index (κ3) is 4.88. The van der Waals surface area contributed by atoms with Crippen LogP contribution in [0.15, 0.2) is 70.8 Å². The zero-order chi connectivity index (χ0) is 19.9. The Hall–Kier alpha value is -2.89. The number of nitriles is 1. The van der Waals surface area contributed by atoms with Crippen LogP contribution >= 0.6 is 27.7 Å². The number of nitrogens with zero attached hydrogens (tertiary/aromatic N) is 4. The molecule has 3 aromatic rings. The summed E-state index contributed by atoms with van der Waals surface area (Å²) in [5, 5.41) is 20.8. The van der Waals surface area contributed by atoms with Crippen molar-refractivity contribution in [2.45, 2.75) is 11.7 Å². The predicted octanol–water partition coefficient (Wildman–Crippen LogP) is 4.50. The third-order valence-corrected chi connectivity index (χ3v) is 5.26. The average Bonchev–Trinajstić information content (AvgIpc) is 3.10. The summed E-state index contributed by atoms with van der Waals surface area (Å²) in [7, 11) is 0. The van der Waals surface area contributed by atoms with Crippen LogP contribution in [0.5, 0.6) is 0 Å². The van der Waals surface area contributed by atoms with E-state index in [1.165, 1.54) is 11.8 Å². The lowest BCUT2D eigenvalue weighted by atomic mass is 10.2. The minimum atomic E-state index is -0.159. The van der Waals surface area contributed by atoms with Crippen molar-refractivity contribution in [3.63, 3.8) is 0 Å².